The first-order chi connectivity index (χ1) is 9.13. The second kappa shape index (κ2) is 6.53. The van der Waals surface area contributed by atoms with Crippen LogP contribution < -0.4 is 5.32 Å². The largest absolute Gasteiger partial charge is 0.446 e. The van der Waals surface area contributed by atoms with E-state index >= 15 is 0 Å². The Hall–Kier alpha value is -0.870. The van der Waals surface area contributed by atoms with Crippen molar-refractivity contribution in [2.45, 2.75) is 64.0 Å². The molecule has 1 aromatic rings. The lowest BCUT2D eigenvalue weighted by Gasteiger charge is -2.39. The summed E-state index contributed by atoms with van der Waals surface area (Å²) < 4.78 is 11.4. The molecule has 0 radical (unpaired) electrons. The molecule has 0 aromatic carbocycles. The Bertz CT molecular complexity index is 378. The molecule has 1 fully saturated rings. The number of rotatable bonds is 8. The van der Waals surface area contributed by atoms with Gasteiger partial charge in [0.05, 0.1) is 11.8 Å². The number of aryl methyl sites for hydroxylation is 1. The van der Waals surface area contributed by atoms with Gasteiger partial charge in [0.2, 0.25) is 0 Å². The van der Waals surface area contributed by atoms with Crippen molar-refractivity contribution >= 4 is 0 Å². The summed E-state index contributed by atoms with van der Waals surface area (Å²) in [4.78, 5) is 4.36. The van der Waals surface area contributed by atoms with Gasteiger partial charge in [-0.2, -0.15) is 0 Å². The Labute approximate surface area is 115 Å². The van der Waals surface area contributed by atoms with Gasteiger partial charge in [-0.25, -0.2) is 4.98 Å². The minimum absolute atomic E-state index is 0.0238. The zero-order valence-electron chi connectivity index (χ0n) is 12.4. The highest BCUT2D eigenvalue weighted by molar-refractivity contribution is 5.04. The van der Waals surface area contributed by atoms with Gasteiger partial charge in [-0.05, 0) is 32.2 Å². The Balaban J connectivity index is 1.75. The van der Waals surface area contributed by atoms with E-state index in [0.29, 0.717) is 6.04 Å². The summed E-state index contributed by atoms with van der Waals surface area (Å²) in [5.74, 6) is 1.82. The number of nitrogens with zero attached hydrogens (tertiary/aromatic N) is 1. The highest BCUT2D eigenvalue weighted by Crippen LogP contribution is 2.38. The maximum atomic E-state index is 5.81. The molecular formula is C15H26N2O2. The molecular weight excluding hydrogens is 240 g/mol. The summed E-state index contributed by atoms with van der Waals surface area (Å²) in [5.41, 5.74) is 0.0238. The molecule has 1 aromatic heterocycles. The van der Waals surface area contributed by atoms with Crippen molar-refractivity contribution in [3.63, 3.8) is 0 Å². The number of methoxy groups -OCH3 is 1. The first-order valence-corrected chi connectivity index (χ1v) is 7.36. The molecule has 19 heavy (non-hydrogen) atoms. The minimum atomic E-state index is 0.0238. The molecule has 1 aliphatic rings. The zero-order valence-corrected chi connectivity index (χ0v) is 12.4. The fraction of sp³-hybridized carbons (Fsp3) is 0.800. The second-order valence-corrected chi connectivity index (χ2v) is 5.85. The van der Waals surface area contributed by atoms with Crippen LogP contribution in [0.15, 0.2) is 10.6 Å². The molecule has 0 atom stereocenters. The van der Waals surface area contributed by atoms with Crippen molar-refractivity contribution in [2.24, 2.45) is 0 Å². The Morgan fingerprint density at radius 1 is 1.47 bits per heavy atom. The van der Waals surface area contributed by atoms with Crippen molar-refractivity contribution in [3.8, 4) is 0 Å². The van der Waals surface area contributed by atoms with E-state index in [2.05, 4.69) is 24.1 Å². The van der Waals surface area contributed by atoms with Gasteiger partial charge in [-0.15, -0.1) is 0 Å². The number of hydrogen-bond donors (Lipinski definition) is 1. The molecule has 0 unspecified atom stereocenters. The molecule has 0 bridgehead atoms. The maximum absolute atomic E-state index is 5.81. The molecule has 4 nitrogen and oxygen atoms in total. The molecule has 0 spiro atoms. The molecule has 0 amide bonds. The fourth-order valence-corrected chi connectivity index (χ4v) is 2.52. The highest BCUT2D eigenvalue weighted by Gasteiger charge is 2.38. The quantitative estimate of drug-likeness (QED) is 0.735. The standard InChI is InChI=1S/C15H26N2O2/c1-12(2)16-9-4-6-14-17-11-13(19-14)10-15(18-3)7-5-8-15/h11-12,16H,4-10H2,1-3H3. The third-order valence-corrected chi connectivity index (χ3v) is 3.92. The SMILES string of the molecule is COC1(Cc2cnc(CCCNC(C)C)o2)CCC1. The summed E-state index contributed by atoms with van der Waals surface area (Å²) in [5, 5.41) is 3.40. The van der Waals surface area contributed by atoms with Gasteiger partial charge in [0, 0.05) is 26.0 Å². The van der Waals surface area contributed by atoms with Crippen molar-refractivity contribution in [1.82, 2.24) is 10.3 Å². The van der Waals surface area contributed by atoms with Crippen LogP contribution in [-0.4, -0.2) is 30.3 Å². The predicted molar refractivity (Wildman–Crippen MR) is 75.3 cm³/mol. The first-order valence-electron chi connectivity index (χ1n) is 7.36. The van der Waals surface area contributed by atoms with Crippen LogP contribution in [0.5, 0.6) is 0 Å². The Morgan fingerprint density at radius 3 is 2.84 bits per heavy atom. The molecule has 0 saturated heterocycles. The molecule has 2 rings (SSSR count). The monoisotopic (exact) mass is 266 g/mol. The van der Waals surface area contributed by atoms with E-state index in [1.807, 2.05) is 6.20 Å². The van der Waals surface area contributed by atoms with Gasteiger partial charge in [-0.3, -0.25) is 0 Å². The van der Waals surface area contributed by atoms with Crippen LogP contribution in [-0.2, 0) is 17.6 Å². The smallest absolute Gasteiger partial charge is 0.194 e. The van der Waals surface area contributed by atoms with E-state index in [4.69, 9.17) is 9.15 Å². The van der Waals surface area contributed by atoms with Crippen LogP contribution in [0.4, 0.5) is 0 Å². The van der Waals surface area contributed by atoms with Crippen LogP contribution in [0.25, 0.3) is 0 Å². The molecule has 1 saturated carbocycles. The zero-order chi connectivity index (χ0) is 13.7. The summed E-state index contributed by atoms with van der Waals surface area (Å²) in [6, 6.07) is 0.542. The van der Waals surface area contributed by atoms with Crippen molar-refractivity contribution in [3.05, 3.63) is 17.8 Å². The van der Waals surface area contributed by atoms with Crippen LogP contribution in [0, 0.1) is 0 Å². The van der Waals surface area contributed by atoms with Gasteiger partial charge in [0.25, 0.3) is 0 Å². The minimum Gasteiger partial charge on any atom is -0.446 e. The number of oxazole rings is 1. The average Bonchev–Trinajstić information content (AvgIpc) is 2.77. The van der Waals surface area contributed by atoms with E-state index in [1.54, 1.807) is 7.11 Å². The third-order valence-electron chi connectivity index (χ3n) is 3.92. The lowest BCUT2D eigenvalue weighted by Crippen LogP contribution is -2.41. The number of hydrogen-bond acceptors (Lipinski definition) is 4. The fourth-order valence-electron chi connectivity index (χ4n) is 2.52. The van der Waals surface area contributed by atoms with Crippen molar-refractivity contribution in [2.75, 3.05) is 13.7 Å². The second-order valence-electron chi connectivity index (χ2n) is 5.85. The summed E-state index contributed by atoms with van der Waals surface area (Å²) in [7, 11) is 1.80. The molecule has 1 aliphatic carbocycles. The molecule has 0 aliphatic heterocycles. The van der Waals surface area contributed by atoms with Gasteiger partial charge in [0.1, 0.15) is 5.76 Å². The third kappa shape index (κ3) is 4.05. The van der Waals surface area contributed by atoms with E-state index in [-0.39, 0.29) is 5.60 Å². The highest BCUT2D eigenvalue weighted by atomic mass is 16.5. The van der Waals surface area contributed by atoms with E-state index in [9.17, 15) is 0 Å². The normalized spacial score (nSPS) is 17.7. The van der Waals surface area contributed by atoms with Crippen LogP contribution in [0.1, 0.15) is 51.2 Å². The van der Waals surface area contributed by atoms with Crippen LogP contribution >= 0.6 is 0 Å². The van der Waals surface area contributed by atoms with Crippen molar-refractivity contribution in [1.29, 1.82) is 0 Å². The molecule has 4 heteroatoms. The molecule has 1 heterocycles. The maximum Gasteiger partial charge on any atom is 0.194 e. The summed E-state index contributed by atoms with van der Waals surface area (Å²) in [6.07, 6.45) is 8.23. The molecule has 108 valence electrons. The average molecular weight is 266 g/mol. The van der Waals surface area contributed by atoms with E-state index < -0.39 is 0 Å². The summed E-state index contributed by atoms with van der Waals surface area (Å²) >= 11 is 0. The van der Waals surface area contributed by atoms with Crippen LogP contribution in [0.3, 0.4) is 0 Å². The topological polar surface area (TPSA) is 47.3 Å². The first kappa shape index (κ1) is 14.5. The number of ether oxygens (including phenoxy) is 1. The Kier molecular flexibility index (Phi) is 4.99. The van der Waals surface area contributed by atoms with Gasteiger partial charge < -0.3 is 14.5 Å². The number of nitrogens with one attached hydrogen (secondary N) is 1. The van der Waals surface area contributed by atoms with Gasteiger partial charge in [0.15, 0.2) is 5.89 Å². The van der Waals surface area contributed by atoms with Crippen LogP contribution in [0.2, 0.25) is 0 Å². The molecule has 1 N–H and O–H groups in total. The van der Waals surface area contributed by atoms with Gasteiger partial charge in [-0.1, -0.05) is 13.8 Å². The Morgan fingerprint density at radius 2 is 2.26 bits per heavy atom. The number of aromatic nitrogens is 1. The van der Waals surface area contributed by atoms with E-state index in [0.717, 1.165) is 50.3 Å². The lowest BCUT2D eigenvalue weighted by atomic mass is 9.77. The predicted octanol–water partition coefficient (Wildman–Crippen LogP) is 2.72. The van der Waals surface area contributed by atoms with Gasteiger partial charge >= 0.3 is 0 Å². The lowest BCUT2D eigenvalue weighted by molar-refractivity contribution is -0.0738. The van der Waals surface area contributed by atoms with Crippen molar-refractivity contribution < 1.29 is 9.15 Å². The van der Waals surface area contributed by atoms with E-state index in [1.165, 1.54) is 6.42 Å². The summed E-state index contributed by atoms with van der Waals surface area (Å²) in [6.45, 7) is 5.33.